The molecule has 0 aliphatic carbocycles. The molecule has 6 nitrogen and oxygen atoms in total. The minimum atomic E-state index is -0.105. The minimum Gasteiger partial charge on any atom is -0.461 e. The highest BCUT2D eigenvalue weighted by atomic mass is 35.5. The van der Waals surface area contributed by atoms with Gasteiger partial charge in [0.2, 0.25) is 0 Å². The van der Waals surface area contributed by atoms with Crippen molar-refractivity contribution in [3.63, 3.8) is 0 Å². The molecule has 0 saturated carbocycles. The molecular weight excluding hydrogens is 408 g/mol. The molecule has 0 bridgehead atoms. The first kappa shape index (κ1) is 18.3. The van der Waals surface area contributed by atoms with Crippen LogP contribution in [0, 0.1) is 0 Å². The number of aromatic amines is 1. The van der Waals surface area contributed by atoms with E-state index in [1.165, 1.54) is 0 Å². The fourth-order valence-electron chi connectivity index (χ4n) is 3.48. The zero-order valence-corrected chi connectivity index (χ0v) is 17.0. The van der Waals surface area contributed by atoms with Crippen molar-refractivity contribution in [2.75, 3.05) is 6.54 Å². The smallest absolute Gasteiger partial charge is 0.256 e. The summed E-state index contributed by atoms with van der Waals surface area (Å²) < 4.78 is 5.35. The predicted octanol–water partition coefficient (Wildman–Crippen LogP) is 4.37. The second kappa shape index (κ2) is 7.59. The SMILES string of the molecule is O=c1[nH]c(-c2ccco2)nc2c1CN(Cc1csc(-c3ccc(Cl)cc3)n1)CC2. The fraction of sp³-hybridized carbons (Fsp3) is 0.190. The molecule has 29 heavy (non-hydrogen) atoms. The number of fused-ring (bicyclic) bond motifs is 1. The van der Waals surface area contributed by atoms with E-state index in [1.54, 1.807) is 29.7 Å². The molecule has 0 amide bonds. The van der Waals surface area contributed by atoms with Gasteiger partial charge in [0.15, 0.2) is 11.6 Å². The van der Waals surface area contributed by atoms with Gasteiger partial charge in [-0.3, -0.25) is 9.69 Å². The van der Waals surface area contributed by atoms with E-state index in [0.29, 0.717) is 29.7 Å². The molecule has 1 aliphatic heterocycles. The average Bonchev–Trinajstić information content (AvgIpc) is 3.41. The van der Waals surface area contributed by atoms with Crippen LogP contribution in [0.3, 0.4) is 0 Å². The van der Waals surface area contributed by atoms with Crippen LogP contribution in [0.5, 0.6) is 0 Å². The molecule has 5 rings (SSSR count). The molecule has 8 heteroatoms. The Bertz CT molecular complexity index is 1200. The first-order valence-electron chi connectivity index (χ1n) is 9.24. The number of rotatable bonds is 4. The highest BCUT2D eigenvalue weighted by Gasteiger charge is 2.22. The summed E-state index contributed by atoms with van der Waals surface area (Å²) in [5, 5.41) is 3.75. The van der Waals surface area contributed by atoms with Crippen LogP contribution in [0.4, 0.5) is 0 Å². The van der Waals surface area contributed by atoms with Gasteiger partial charge in [-0.05, 0) is 24.3 Å². The van der Waals surface area contributed by atoms with Crippen molar-refractivity contribution >= 4 is 22.9 Å². The quantitative estimate of drug-likeness (QED) is 0.526. The van der Waals surface area contributed by atoms with E-state index >= 15 is 0 Å². The lowest BCUT2D eigenvalue weighted by atomic mass is 10.1. The summed E-state index contributed by atoms with van der Waals surface area (Å²) >= 11 is 7.58. The Morgan fingerprint density at radius 1 is 1.21 bits per heavy atom. The molecule has 0 saturated heterocycles. The van der Waals surface area contributed by atoms with Crippen LogP contribution in [0.2, 0.25) is 5.02 Å². The van der Waals surface area contributed by atoms with Crippen LogP contribution in [-0.4, -0.2) is 26.4 Å². The number of furan rings is 1. The number of halogens is 1. The number of H-pyrrole nitrogens is 1. The van der Waals surface area contributed by atoms with E-state index in [9.17, 15) is 4.79 Å². The van der Waals surface area contributed by atoms with E-state index in [0.717, 1.165) is 40.5 Å². The molecule has 3 aromatic heterocycles. The van der Waals surface area contributed by atoms with Crippen LogP contribution < -0.4 is 5.56 Å². The van der Waals surface area contributed by atoms with Crippen molar-refractivity contribution in [1.29, 1.82) is 0 Å². The average molecular weight is 425 g/mol. The summed E-state index contributed by atoms with van der Waals surface area (Å²) in [6, 6.07) is 11.3. The van der Waals surface area contributed by atoms with E-state index in [1.807, 2.05) is 24.3 Å². The van der Waals surface area contributed by atoms with Gasteiger partial charge < -0.3 is 9.40 Å². The third-order valence-electron chi connectivity index (χ3n) is 4.93. The van der Waals surface area contributed by atoms with Crippen LogP contribution in [0.1, 0.15) is 17.0 Å². The van der Waals surface area contributed by atoms with Crippen LogP contribution >= 0.6 is 22.9 Å². The summed E-state index contributed by atoms with van der Waals surface area (Å²) in [5.74, 6) is 1.06. The monoisotopic (exact) mass is 424 g/mol. The van der Waals surface area contributed by atoms with Gasteiger partial charge in [0, 0.05) is 42.0 Å². The van der Waals surface area contributed by atoms with Gasteiger partial charge in [-0.15, -0.1) is 11.3 Å². The maximum Gasteiger partial charge on any atom is 0.256 e. The number of aromatic nitrogens is 3. The predicted molar refractivity (Wildman–Crippen MR) is 113 cm³/mol. The summed E-state index contributed by atoms with van der Waals surface area (Å²) in [6.07, 6.45) is 2.30. The van der Waals surface area contributed by atoms with Gasteiger partial charge in [-0.2, -0.15) is 0 Å². The number of thiazole rings is 1. The summed E-state index contributed by atoms with van der Waals surface area (Å²) in [4.78, 5) is 27.0. The highest BCUT2D eigenvalue weighted by molar-refractivity contribution is 7.13. The Hall–Kier alpha value is -2.74. The molecular formula is C21H17ClN4O2S. The molecule has 0 spiro atoms. The number of hydrogen-bond acceptors (Lipinski definition) is 6. The topological polar surface area (TPSA) is 75.0 Å². The summed E-state index contributed by atoms with van der Waals surface area (Å²) in [7, 11) is 0. The molecule has 0 atom stereocenters. The van der Waals surface area contributed by atoms with E-state index in [4.69, 9.17) is 21.0 Å². The van der Waals surface area contributed by atoms with Crippen LogP contribution in [0.15, 0.2) is 57.3 Å². The lowest BCUT2D eigenvalue weighted by Crippen LogP contribution is -2.35. The second-order valence-corrected chi connectivity index (χ2v) is 8.22. The highest BCUT2D eigenvalue weighted by Crippen LogP contribution is 2.26. The largest absolute Gasteiger partial charge is 0.461 e. The number of hydrogen-bond donors (Lipinski definition) is 1. The van der Waals surface area contributed by atoms with E-state index in [2.05, 4.69) is 20.2 Å². The van der Waals surface area contributed by atoms with Gasteiger partial charge in [-0.1, -0.05) is 23.7 Å². The Morgan fingerprint density at radius 3 is 2.86 bits per heavy atom. The normalized spacial score (nSPS) is 14.1. The third-order valence-corrected chi connectivity index (χ3v) is 6.12. The van der Waals surface area contributed by atoms with Crippen molar-refractivity contribution in [2.45, 2.75) is 19.5 Å². The fourth-order valence-corrected chi connectivity index (χ4v) is 4.42. The number of nitrogens with one attached hydrogen (secondary N) is 1. The molecule has 0 radical (unpaired) electrons. The lowest BCUT2D eigenvalue weighted by molar-refractivity contribution is 0.239. The Kier molecular flexibility index (Phi) is 4.79. The molecule has 1 aromatic carbocycles. The Labute approximate surface area is 175 Å². The van der Waals surface area contributed by atoms with E-state index < -0.39 is 0 Å². The first-order valence-corrected chi connectivity index (χ1v) is 10.5. The molecule has 1 N–H and O–H groups in total. The van der Waals surface area contributed by atoms with Crippen molar-refractivity contribution in [2.24, 2.45) is 0 Å². The van der Waals surface area contributed by atoms with Gasteiger partial charge in [-0.25, -0.2) is 9.97 Å². The number of benzene rings is 1. The van der Waals surface area contributed by atoms with Gasteiger partial charge >= 0.3 is 0 Å². The minimum absolute atomic E-state index is 0.105. The molecule has 1 aliphatic rings. The van der Waals surface area contributed by atoms with E-state index in [-0.39, 0.29) is 5.56 Å². The maximum absolute atomic E-state index is 12.6. The molecule has 0 unspecified atom stereocenters. The third kappa shape index (κ3) is 3.76. The van der Waals surface area contributed by atoms with Crippen molar-refractivity contribution in [3.05, 3.63) is 80.4 Å². The number of nitrogens with zero attached hydrogens (tertiary/aromatic N) is 3. The Morgan fingerprint density at radius 2 is 2.07 bits per heavy atom. The van der Waals surface area contributed by atoms with Crippen molar-refractivity contribution < 1.29 is 4.42 Å². The van der Waals surface area contributed by atoms with Crippen molar-refractivity contribution in [1.82, 2.24) is 19.9 Å². The van der Waals surface area contributed by atoms with Gasteiger partial charge in [0.05, 0.1) is 23.2 Å². The molecule has 146 valence electrons. The zero-order chi connectivity index (χ0) is 19.8. The molecule has 4 aromatic rings. The Balaban J connectivity index is 1.33. The maximum atomic E-state index is 12.6. The van der Waals surface area contributed by atoms with Crippen molar-refractivity contribution in [3.8, 4) is 22.2 Å². The summed E-state index contributed by atoms with van der Waals surface area (Å²) in [5.41, 5.74) is 3.52. The van der Waals surface area contributed by atoms with Gasteiger partial charge in [0.25, 0.3) is 5.56 Å². The zero-order valence-electron chi connectivity index (χ0n) is 15.4. The van der Waals surface area contributed by atoms with Crippen LogP contribution in [0.25, 0.3) is 22.2 Å². The standard InChI is InChI=1S/C21H17ClN4O2S/c22-14-5-3-13(4-6-14)21-23-15(12-29-21)10-26-8-7-17-16(11-26)20(27)25-19(24-17)18-2-1-9-28-18/h1-6,9,12H,7-8,10-11H2,(H,24,25,27). The second-order valence-electron chi connectivity index (χ2n) is 6.93. The first-order chi connectivity index (χ1) is 14.2. The molecule has 4 heterocycles. The molecule has 0 fully saturated rings. The lowest BCUT2D eigenvalue weighted by Gasteiger charge is -2.26. The van der Waals surface area contributed by atoms with Crippen LogP contribution in [-0.2, 0) is 19.5 Å². The van der Waals surface area contributed by atoms with Gasteiger partial charge in [0.1, 0.15) is 5.01 Å². The summed E-state index contributed by atoms with van der Waals surface area (Å²) in [6.45, 7) is 2.08.